The normalized spacial score (nSPS) is 25.3. The number of hydrogen-bond acceptors (Lipinski definition) is 4. The number of amides is 1. The molecule has 1 unspecified atom stereocenters. The van der Waals surface area contributed by atoms with Gasteiger partial charge < -0.3 is 10.6 Å². The van der Waals surface area contributed by atoms with Crippen molar-refractivity contribution in [1.82, 2.24) is 25.0 Å². The lowest BCUT2D eigenvalue weighted by atomic mass is 9.74. The van der Waals surface area contributed by atoms with E-state index in [1.54, 1.807) is 11.6 Å². The van der Waals surface area contributed by atoms with Gasteiger partial charge in [-0.25, -0.2) is 9.48 Å². The van der Waals surface area contributed by atoms with E-state index in [0.717, 1.165) is 37.9 Å². The first-order valence-corrected chi connectivity index (χ1v) is 9.76. The lowest BCUT2D eigenvalue weighted by Gasteiger charge is -2.46. The number of piperidine rings is 1. The number of carbonyl (C=O) groups excluding carboxylic acids is 1. The predicted molar refractivity (Wildman–Crippen MR) is 101 cm³/mol. The van der Waals surface area contributed by atoms with Gasteiger partial charge in [-0.05, 0) is 59.3 Å². The summed E-state index contributed by atoms with van der Waals surface area (Å²) < 4.78 is 3.14. The van der Waals surface area contributed by atoms with Crippen molar-refractivity contribution < 1.29 is 4.79 Å². The maximum atomic E-state index is 12.6. The molecule has 0 bridgehead atoms. The summed E-state index contributed by atoms with van der Waals surface area (Å²) >= 11 is 0. The Morgan fingerprint density at radius 3 is 2.54 bits per heavy atom. The minimum absolute atomic E-state index is 0.0598. The SMILES string of the molecule is Cn1nc2n(c1=O)CCC(NC(=O)CC1CC(C)(C)NC(C)(C)C1)CC2. The van der Waals surface area contributed by atoms with E-state index in [1.165, 1.54) is 4.68 Å². The summed E-state index contributed by atoms with van der Waals surface area (Å²) in [5.74, 6) is 1.37. The zero-order chi connectivity index (χ0) is 19.1. The molecular weight excluding hydrogens is 330 g/mol. The Kier molecular flexibility index (Phi) is 5.03. The number of nitrogens with zero attached hydrogens (tertiary/aromatic N) is 3. The molecular formula is C19H33N5O2. The summed E-state index contributed by atoms with van der Waals surface area (Å²) in [4.78, 5) is 24.7. The summed E-state index contributed by atoms with van der Waals surface area (Å²) in [5.41, 5.74) is 0.0558. The summed E-state index contributed by atoms with van der Waals surface area (Å²) in [5, 5.41) is 11.2. The van der Waals surface area contributed by atoms with Gasteiger partial charge in [-0.15, -0.1) is 0 Å². The first kappa shape index (κ1) is 19.1. The highest BCUT2D eigenvalue weighted by atomic mass is 16.2. The fourth-order valence-corrected chi connectivity index (χ4v) is 5.07. The molecule has 1 atom stereocenters. The van der Waals surface area contributed by atoms with Crippen LogP contribution in [0.2, 0.25) is 0 Å². The summed E-state index contributed by atoms with van der Waals surface area (Å²) in [7, 11) is 1.69. The van der Waals surface area contributed by atoms with E-state index in [2.05, 4.69) is 43.4 Å². The number of aryl methyl sites for hydroxylation is 2. The molecule has 2 aliphatic rings. The largest absolute Gasteiger partial charge is 0.353 e. The van der Waals surface area contributed by atoms with Crippen molar-refractivity contribution in [2.24, 2.45) is 13.0 Å². The van der Waals surface area contributed by atoms with Crippen LogP contribution in [0, 0.1) is 5.92 Å². The minimum atomic E-state index is -0.0638. The predicted octanol–water partition coefficient (Wildman–Crippen LogP) is 1.35. The van der Waals surface area contributed by atoms with E-state index in [0.29, 0.717) is 18.9 Å². The van der Waals surface area contributed by atoms with Crippen LogP contribution in [0.25, 0.3) is 0 Å². The van der Waals surface area contributed by atoms with Gasteiger partial charge in [0.15, 0.2) is 0 Å². The quantitative estimate of drug-likeness (QED) is 0.849. The molecule has 1 amide bonds. The Morgan fingerprint density at radius 1 is 1.23 bits per heavy atom. The molecule has 7 nitrogen and oxygen atoms in total. The number of hydrogen-bond donors (Lipinski definition) is 2. The number of aromatic nitrogens is 3. The van der Waals surface area contributed by atoms with Gasteiger partial charge in [-0.2, -0.15) is 5.10 Å². The molecule has 0 saturated carbocycles. The van der Waals surface area contributed by atoms with Crippen LogP contribution in [0.4, 0.5) is 0 Å². The molecule has 7 heteroatoms. The molecule has 0 aromatic carbocycles. The molecule has 0 radical (unpaired) electrons. The fourth-order valence-electron chi connectivity index (χ4n) is 5.07. The van der Waals surface area contributed by atoms with Gasteiger partial charge in [0.2, 0.25) is 5.91 Å². The summed E-state index contributed by atoms with van der Waals surface area (Å²) in [6.45, 7) is 9.48. The van der Waals surface area contributed by atoms with Gasteiger partial charge >= 0.3 is 5.69 Å². The molecule has 1 fully saturated rings. The third-order valence-corrected chi connectivity index (χ3v) is 5.62. The van der Waals surface area contributed by atoms with E-state index in [1.807, 2.05) is 0 Å². The molecule has 0 spiro atoms. The molecule has 3 rings (SSSR count). The minimum Gasteiger partial charge on any atom is -0.353 e. The van der Waals surface area contributed by atoms with Gasteiger partial charge in [-0.1, -0.05) is 0 Å². The average Bonchev–Trinajstić information content (AvgIpc) is 2.63. The van der Waals surface area contributed by atoms with Crippen molar-refractivity contribution >= 4 is 5.91 Å². The van der Waals surface area contributed by atoms with Crippen LogP contribution in [-0.4, -0.2) is 37.4 Å². The fraction of sp³-hybridized carbons (Fsp3) is 0.842. The van der Waals surface area contributed by atoms with Crippen LogP contribution in [0.15, 0.2) is 4.79 Å². The summed E-state index contributed by atoms with van der Waals surface area (Å²) in [6, 6.07) is 0.122. The van der Waals surface area contributed by atoms with Crippen LogP contribution in [0.5, 0.6) is 0 Å². The van der Waals surface area contributed by atoms with Crippen molar-refractivity contribution in [3.63, 3.8) is 0 Å². The lowest BCUT2D eigenvalue weighted by Crippen LogP contribution is -2.58. The Balaban J connectivity index is 1.55. The molecule has 0 aliphatic carbocycles. The Morgan fingerprint density at radius 2 is 1.88 bits per heavy atom. The number of rotatable bonds is 3. The third kappa shape index (κ3) is 4.37. The first-order valence-electron chi connectivity index (χ1n) is 9.76. The molecule has 1 saturated heterocycles. The third-order valence-electron chi connectivity index (χ3n) is 5.62. The van der Waals surface area contributed by atoms with Crippen molar-refractivity contribution in [2.75, 3.05) is 0 Å². The van der Waals surface area contributed by atoms with Crippen molar-refractivity contribution in [3.05, 3.63) is 16.3 Å². The monoisotopic (exact) mass is 363 g/mol. The number of nitrogens with one attached hydrogen (secondary N) is 2. The molecule has 3 heterocycles. The van der Waals surface area contributed by atoms with Crippen LogP contribution in [0.3, 0.4) is 0 Å². The Labute approximate surface area is 155 Å². The standard InChI is InChI=1S/C19H33N5O2/c1-18(2)11-13(12-19(3,4)22-18)10-16(25)20-14-6-7-15-21-23(5)17(26)24(15)9-8-14/h13-14,22H,6-12H2,1-5H3,(H,20,25). The van der Waals surface area contributed by atoms with E-state index >= 15 is 0 Å². The number of fused-ring (bicyclic) bond motifs is 1. The van der Waals surface area contributed by atoms with Gasteiger partial charge in [-0.3, -0.25) is 9.36 Å². The van der Waals surface area contributed by atoms with E-state index in [9.17, 15) is 9.59 Å². The smallest absolute Gasteiger partial charge is 0.345 e. The van der Waals surface area contributed by atoms with Crippen LogP contribution in [-0.2, 0) is 24.8 Å². The second-order valence-corrected chi connectivity index (χ2v) is 9.44. The van der Waals surface area contributed by atoms with Gasteiger partial charge in [0.1, 0.15) is 5.82 Å². The second kappa shape index (κ2) is 6.83. The Hall–Kier alpha value is -1.63. The summed E-state index contributed by atoms with van der Waals surface area (Å²) in [6.07, 6.45) is 4.96. The van der Waals surface area contributed by atoms with Crippen molar-refractivity contribution in [2.45, 2.75) is 89.9 Å². The van der Waals surface area contributed by atoms with Crippen molar-refractivity contribution in [1.29, 1.82) is 0 Å². The van der Waals surface area contributed by atoms with Gasteiger partial charge in [0.05, 0.1) is 0 Å². The zero-order valence-electron chi connectivity index (χ0n) is 16.8. The van der Waals surface area contributed by atoms with Gasteiger partial charge in [0, 0.05) is 43.6 Å². The van der Waals surface area contributed by atoms with Gasteiger partial charge in [0.25, 0.3) is 0 Å². The molecule has 1 aromatic rings. The maximum Gasteiger partial charge on any atom is 0.345 e. The molecule has 26 heavy (non-hydrogen) atoms. The second-order valence-electron chi connectivity index (χ2n) is 9.44. The zero-order valence-corrected chi connectivity index (χ0v) is 16.8. The molecule has 2 aliphatic heterocycles. The number of carbonyl (C=O) groups is 1. The highest BCUT2D eigenvalue weighted by Gasteiger charge is 2.38. The highest BCUT2D eigenvalue weighted by Crippen LogP contribution is 2.34. The molecule has 146 valence electrons. The lowest BCUT2D eigenvalue weighted by molar-refractivity contribution is -0.123. The van der Waals surface area contributed by atoms with E-state index < -0.39 is 0 Å². The van der Waals surface area contributed by atoms with Crippen LogP contribution >= 0.6 is 0 Å². The van der Waals surface area contributed by atoms with E-state index in [4.69, 9.17) is 0 Å². The van der Waals surface area contributed by atoms with Crippen LogP contribution < -0.4 is 16.3 Å². The molecule has 1 aromatic heterocycles. The maximum absolute atomic E-state index is 12.6. The first-order chi connectivity index (χ1) is 12.0. The van der Waals surface area contributed by atoms with E-state index in [-0.39, 0.29) is 28.7 Å². The Bertz CT molecular complexity index is 715. The average molecular weight is 364 g/mol. The molecule has 2 N–H and O–H groups in total. The van der Waals surface area contributed by atoms with Crippen molar-refractivity contribution in [3.8, 4) is 0 Å². The topological polar surface area (TPSA) is 81.0 Å². The highest BCUT2D eigenvalue weighted by molar-refractivity contribution is 5.76. The van der Waals surface area contributed by atoms with Crippen LogP contribution in [0.1, 0.15) is 65.6 Å².